The van der Waals surface area contributed by atoms with Gasteiger partial charge in [-0.05, 0) is 49.9 Å². The second-order valence-electron chi connectivity index (χ2n) is 6.94. The Labute approximate surface area is 158 Å². The summed E-state index contributed by atoms with van der Waals surface area (Å²) in [6.07, 6.45) is 4.70. The molecular weight excluding hydrogens is 340 g/mol. The van der Waals surface area contributed by atoms with E-state index in [-0.39, 0.29) is 5.69 Å². The zero-order valence-electron chi connectivity index (χ0n) is 15.3. The number of piperidine rings is 1. The number of non-ortho nitro benzene ring substituents is 1. The van der Waals surface area contributed by atoms with Crippen molar-refractivity contribution in [2.75, 3.05) is 11.4 Å². The second-order valence-corrected chi connectivity index (χ2v) is 6.94. The molecule has 0 aliphatic carbocycles. The van der Waals surface area contributed by atoms with Gasteiger partial charge in [0.25, 0.3) is 5.69 Å². The van der Waals surface area contributed by atoms with E-state index in [9.17, 15) is 10.1 Å². The SMILES string of the molecule is CC[C@@H]1CCCCN1c1nc(-c2ccc([N+](=O)[O-])cc2)nc2ccccc12. The molecule has 27 heavy (non-hydrogen) atoms. The Balaban J connectivity index is 1.84. The van der Waals surface area contributed by atoms with Crippen LogP contribution >= 0.6 is 0 Å². The Morgan fingerprint density at radius 1 is 1.11 bits per heavy atom. The van der Waals surface area contributed by atoms with Crippen molar-refractivity contribution in [2.24, 2.45) is 0 Å². The van der Waals surface area contributed by atoms with Gasteiger partial charge in [0.15, 0.2) is 5.82 Å². The molecule has 2 aromatic carbocycles. The van der Waals surface area contributed by atoms with E-state index in [1.807, 2.05) is 18.2 Å². The van der Waals surface area contributed by atoms with Crippen molar-refractivity contribution in [3.63, 3.8) is 0 Å². The molecule has 0 N–H and O–H groups in total. The summed E-state index contributed by atoms with van der Waals surface area (Å²) in [4.78, 5) is 22.6. The van der Waals surface area contributed by atoms with Crippen LogP contribution in [-0.4, -0.2) is 27.5 Å². The molecule has 0 saturated carbocycles. The Kier molecular flexibility index (Phi) is 4.71. The van der Waals surface area contributed by atoms with Crippen molar-refractivity contribution >= 4 is 22.4 Å². The number of rotatable bonds is 4. The number of benzene rings is 2. The highest BCUT2D eigenvalue weighted by Gasteiger charge is 2.24. The van der Waals surface area contributed by atoms with Crippen molar-refractivity contribution in [1.82, 2.24) is 9.97 Å². The average Bonchev–Trinajstić information content (AvgIpc) is 2.73. The van der Waals surface area contributed by atoms with Gasteiger partial charge < -0.3 is 4.90 Å². The molecule has 0 spiro atoms. The maximum Gasteiger partial charge on any atom is 0.269 e. The number of hydrogen-bond acceptors (Lipinski definition) is 5. The number of aromatic nitrogens is 2. The maximum atomic E-state index is 10.9. The fraction of sp³-hybridized carbons (Fsp3) is 0.333. The molecule has 138 valence electrons. The fourth-order valence-corrected chi connectivity index (χ4v) is 3.84. The molecule has 2 heterocycles. The van der Waals surface area contributed by atoms with Crippen LogP contribution in [0.25, 0.3) is 22.3 Å². The molecule has 1 saturated heterocycles. The van der Waals surface area contributed by atoms with E-state index in [2.05, 4.69) is 17.9 Å². The Hall–Kier alpha value is -3.02. The highest BCUT2D eigenvalue weighted by atomic mass is 16.6. The predicted molar refractivity (Wildman–Crippen MR) is 107 cm³/mol. The van der Waals surface area contributed by atoms with Gasteiger partial charge in [-0.3, -0.25) is 10.1 Å². The van der Waals surface area contributed by atoms with Crippen molar-refractivity contribution in [1.29, 1.82) is 0 Å². The molecule has 0 bridgehead atoms. The molecule has 0 radical (unpaired) electrons. The summed E-state index contributed by atoms with van der Waals surface area (Å²) < 4.78 is 0. The van der Waals surface area contributed by atoms with Gasteiger partial charge in [0.1, 0.15) is 5.82 Å². The van der Waals surface area contributed by atoms with E-state index < -0.39 is 4.92 Å². The van der Waals surface area contributed by atoms with Crippen molar-refractivity contribution in [3.05, 3.63) is 58.6 Å². The fourth-order valence-electron chi connectivity index (χ4n) is 3.84. The molecule has 6 heteroatoms. The lowest BCUT2D eigenvalue weighted by Gasteiger charge is -2.37. The summed E-state index contributed by atoms with van der Waals surface area (Å²) in [6.45, 7) is 3.23. The topological polar surface area (TPSA) is 72.2 Å². The van der Waals surface area contributed by atoms with Crippen LogP contribution in [0.4, 0.5) is 11.5 Å². The van der Waals surface area contributed by atoms with Crippen LogP contribution in [-0.2, 0) is 0 Å². The van der Waals surface area contributed by atoms with Crippen LogP contribution in [0.15, 0.2) is 48.5 Å². The Morgan fingerprint density at radius 3 is 2.63 bits per heavy atom. The van der Waals surface area contributed by atoms with Crippen LogP contribution in [0.2, 0.25) is 0 Å². The minimum absolute atomic E-state index is 0.0711. The maximum absolute atomic E-state index is 10.9. The van der Waals surface area contributed by atoms with Crippen molar-refractivity contribution in [2.45, 2.75) is 38.6 Å². The highest BCUT2D eigenvalue weighted by molar-refractivity contribution is 5.91. The number of nitro benzene ring substituents is 1. The van der Waals surface area contributed by atoms with Gasteiger partial charge in [0.05, 0.1) is 10.4 Å². The minimum Gasteiger partial charge on any atom is -0.353 e. The van der Waals surface area contributed by atoms with Crippen LogP contribution < -0.4 is 4.90 Å². The molecule has 1 atom stereocenters. The zero-order valence-corrected chi connectivity index (χ0v) is 15.3. The lowest BCUT2D eigenvalue weighted by molar-refractivity contribution is -0.384. The van der Waals surface area contributed by atoms with E-state index in [0.717, 1.165) is 35.2 Å². The third-order valence-corrected chi connectivity index (χ3v) is 5.29. The number of fused-ring (bicyclic) bond motifs is 1. The summed E-state index contributed by atoms with van der Waals surface area (Å²) in [5.41, 5.74) is 1.76. The van der Waals surface area contributed by atoms with Crippen molar-refractivity contribution in [3.8, 4) is 11.4 Å². The Morgan fingerprint density at radius 2 is 1.89 bits per heavy atom. The van der Waals surface area contributed by atoms with Crippen LogP contribution in [0.1, 0.15) is 32.6 Å². The molecule has 1 fully saturated rings. The largest absolute Gasteiger partial charge is 0.353 e. The normalized spacial score (nSPS) is 17.2. The van der Waals surface area contributed by atoms with E-state index in [1.165, 1.54) is 31.4 Å². The first-order valence-electron chi connectivity index (χ1n) is 9.45. The number of para-hydroxylation sites is 1. The van der Waals surface area contributed by atoms with Gasteiger partial charge >= 0.3 is 0 Å². The summed E-state index contributed by atoms with van der Waals surface area (Å²) in [6, 6.07) is 15.0. The van der Waals surface area contributed by atoms with Crippen molar-refractivity contribution < 1.29 is 4.92 Å². The molecule has 0 amide bonds. The molecule has 1 aliphatic rings. The first-order valence-corrected chi connectivity index (χ1v) is 9.45. The number of anilines is 1. The zero-order chi connectivity index (χ0) is 18.8. The quantitative estimate of drug-likeness (QED) is 0.484. The summed E-state index contributed by atoms with van der Waals surface area (Å²) in [5, 5.41) is 12.0. The standard InChI is InChI=1S/C21H22N4O2/c1-2-16-7-5-6-14-24(16)21-18-8-3-4-9-19(18)22-20(23-21)15-10-12-17(13-11-15)25(26)27/h3-4,8-13,16H,2,5-7,14H2,1H3/t16-/m1/s1. The predicted octanol–water partition coefficient (Wildman–Crippen LogP) is 4.97. The lowest BCUT2D eigenvalue weighted by atomic mass is 9.99. The molecule has 0 unspecified atom stereocenters. The molecular formula is C21H22N4O2. The van der Waals surface area contributed by atoms with Gasteiger partial charge in [0, 0.05) is 35.7 Å². The minimum atomic E-state index is -0.393. The molecule has 6 nitrogen and oxygen atoms in total. The smallest absolute Gasteiger partial charge is 0.269 e. The number of nitrogens with zero attached hydrogens (tertiary/aromatic N) is 4. The third kappa shape index (κ3) is 3.35. The Bertz CT molecular complexity index is 972. The molecule has 1 aromatic heterocycles. The molecule has 4 rings (SSSR count). The number of hydrogen-bond donors (Lipinski definition) is 0. The first-order chi connectivity index (χ1) is 13.2. The van der Waals surface area contributed by atoms with Gasteiger partial charge in [0.2, 0.25) is 0 Å². The first kappa shape index (κ1) is 17.4. The number of nitro groups is 1. The summed E-state index contributed by atoms with van der Waals surface area (Å²) >= 11 is 0. The van der Waals surface area contributed by atoms with Gasteiger partial charge in [-0.2, -0.15) is 0 Å². The summed E-state index contributed by atoms with van der Waals surface area (Å²) in [5.74, 6) is 1.58. The van der Waals surface area contributed by atoms with Crippen LogP contribution in [0.3, 0.4) is 0 Å². The molecule has 3 aromatic rings. The summed E-state index contributed by atoms with van der Waals surface area (Å²) in [7, 11) is 0. The highest BCUT2D eigenvalue weighted by Crippen LogP contribution is 2.32. The van der Waals surface area contributed by atoms with Gasteiger partial charge in [-0.25, -0.2) is 9.97 Å². The van der Waals surface area contributed by atoms with E-state index in [1.54, 1.807) is 12.1 Å². The average molecular weight is 362 g/mol. The second kappa shape index (κ2) is 7.31. The van der Waals surface area contributed by atoms with E-state index in [4.69, 9.17) is 9.97 Å². The van der Waals surface area contributed by atoms with Gasteiger partial charge in [-0.1, -0.05) is 19.1 Å². The third-order valence-electron chi connectivity index (χ3n) is 5.29. The molecule has 1 aliphatic heterocycles. The van der Waals surface area contributed by atoms with E-state index >= 15 is 0 Å². The van der Waals surface area contributed by atoms with Crippen LogP contribution in [0, 0.1) is 10.1 Å². The van der Waals surface area contributed by atoms with Gasteiger partial charge in [-0.15, -0.1) is 0 Å². The van der Waals surface area contributed by atoms with E-state index in [0.29, 0.717) is 11.9 Å². The lowest BCUT2D eigenvalue weighted by Crippen LogP contribution is -2.39. The monoisotopic (exact) mass is 362 g/mol. The van der Waals surface area contributed by atoms with Crippen LogP contribution in [0.5, 0.6) is 0 Å².